The van der Waals surface area contributed by atoms with Gasteiger partial charge in [-0.25, -0.2) is 14.2 Å². The number of nitrogens with two attached hydrogens (primary N) is 1. The van der Waals surface area contributed by atoms with Crippen LogP contribution in [-0.2, 0) is 4.74 Å². The first-order valence-electron chi connectivity index (χ1n) is 4.55. The van der Waals surface area contributed by atoms with E-state index in [1.807, 2.05) is 0 Å². The second-order valence-corrected chi connectivity index (χ2v) is 4.94. The first kappa shape index (κ1) is 12.9. The molecule has 16 heavy (non-hydrogen) atoms. The summed E-state index contributed by atoms with van der Waals surface area (Å²) < 4.78 is 18.6. The zero-order valence-electron chi connectivity index (χ0n) is 9.17. The standard InChI is InChI=1S/C10H12BrFN2O2/c1-10(2,3)16-9(15)6-5(12)4-14-8(11)7(6)13/h4H,13H2,1-3H3. The smallest absolute Gasteiger partial charge is 0.343 e. The van der Waals surface area contributed by atoms with Crippen LogP contribution in [0.15, 0.2) is 10.8 Å². The van der Waals surface area contributed by atoms with Gasteiger partial charge >= 0.3 is 5.97 Å². The third kappa shape index (κ3) is 2.91. The zero-order valence-corrected chi connectivity index (χ0v) is 10.8. The molecule has 1 aromatic heterocycles. The van der Waals surface area contributed by atoms with E-state index in [2.05, 4.69) is 20.9 Å². The highest BCUT2D eigenvalue weighted by Gasteiger charge is 2.24. The summed E-state index contributed by atoms with van der Waals surface area (Å²) in [5.41, 5.74) is 4.49. The summed E-state index contributed by atoms with van der Waals surface area (Å²) in [6.45, 7) is 5.07. The molecule has 0 fully saturated rings. The Bertz CT molecular complexity index is 430. The Hall–Kier alpha value is -1.17. The molecule has 0 spiro atoms. The van der Waals surface area contributed by atoms with Crippen LogP contribution < -0.4 is 5.73 Å². The van der Waals surface area contributed by atoms with Gasteiger partial charge < -0.3 is 10.5 Å². The summed E-state index contributed by atoms with van der Waals surface area (Å²) in [4.78, 5) is 15.3. The molecule has 0 saturated carbocycles. The monoisotopic (exact) mass is 290 g/mol. The van der Waals surface area contributed by atoms with Gasteiger partial charge in [-0.1, -0.05) is 0 Å². The second-order valence-electron chi connectivity index (χ2n) is 4.19. The van der Waals surface area contributed by atoms with Crippen LogP contribution in [0.5, 0.6) is 0 Å². The molecule has 6 heteroatoms. The van der Waals surface area contributed by atoms with Crippen LogP contribution >= 0.6 is 15.9 Å². The van der Waals surface area contributed by atoms with Crippen LogP contribution in [0.25, 0.3) is 0 Å². The fraction of sp³-hybridized carbons (Fsp3) is 0.400. The van der Waals surface area contributed by atoms with Crippen molar-refractivity contribution in [1.29, 1.82) is 0 Å². The Labute approximate surface area is 101 Å². The van der Waals surface area contributed by atoms with E-state index < -0.39 is 17.4 Å². The fourth-order valence-electron chi connectivity index (χ4n) is 1.02. The van der Waals surface area contributed by atoms with Gasteiger partial charge in [-0.15, -0.1) is 0 Å². The normalized spacial score (nSPS) is 11.3. The number of pyridine rings is 1. The van der Waals surface area contributed by atoms with Gasteiger partial charge in [-0.2, -0.15) is 0 Å². The minimum absolute atomic E-state index is 0.0609. The average molecular weight is 291 g/mol. The van der Waals surface area contributed by atoms with Crippen molar-refractivity contribution in [3.63, 3.8) is 0 Å². The van der Waals surface area contributed by atoms with Crippen LogP contribution in [0.2, 0.25) is 0 Å². The molecular weight excluding hydrogens is 279 g/mol. The molecule has 2 N–H and O–H groups in total. The van der Waals surface area contributed by atoms with E-state index in [0.29, 0.717) is 0 Å². The van der Waals surface area contributed by atoms with E-state index in [1.54, 1.807) is 20.8 Å². The van der Waals surface area contributed by atoms with Gasteiger partial charge in [0.05, 0.1) is 11.9 Å². The van der Waals surface area contributed by atoms with E-state index in [-0.39, 0.29) is 15.9 Å². The average Bonchev–Trinajstić information content (AvgIpc) is 2.09. The number of ether oxygens (including phenoxy) is 1. The predicted octanol–water partition coefficient (Wildman–Crippen LogP) is 2.52. The molecule has 0 atom stereocenters. The molecule has 0 aromatic carbocycles. The highest BCUT2D eigenvalue weighted by molar-refractivity contribution is 9.10. The van der Waals surface area contributed by atoms with Crippen molar-refractivity contribution < 1.29 is 13.9 Å². The van der Waals surface area contributed by atoms with Crippen molar-refractivity contribution in [1.82, 2.24) is 4.98 Å². The maximum atomic E-state index is 13.4. The molecule has 88 valence electrons. The molecule has 0 aliphatic carbocycles. The molecule has 0 unspecified atom stereocenters. The van der Waals surface area contributed by atoms with E-state index in [0.717, 1.165) is 6.20 Å². The lowest BCUT2D eigenvalue weighted by molar-refractivity contribution is 0.00658. The van der Waals surface area contributed by atoms with Gasteiger partial charge in [-0.05, 0) is 36.7 Å². The molecular formula is C10H12BrFN2O2. The number of anilines is 1. The van der Waals surface area contributed by atoms with Crippen molar-refractivity contribution in [2.45, 2.75) is 26.4 Å². The number of hydrogen-bond acceptors (Lipinski definition) is 4. The third-order valence-corrected chi connectivity index (χ3v) is 2.26. The number of hydrogen-bond donors (Lipinski definition) is 1. The first-order chi connectivity index (χ1) is 7.22. The van der Waals surface area contributed by atoms with Gasteiger partial charge in [0.2, 0.25) is 0 Å². The van der Waals surface area contributed by atoms with Gasteiger partial charge in [-0.3, -0.25) is 0 Å². The summed E-state index contributed by atoms with van der Waals surface area (Å²) in [6, 6.07) is 0. The van der Waals surface area contributed by atoms with Gasteiger partial charge in [0.15, 0.2) is 5.82 Å². The summed E-state index contributed by atoms with van der Waals surface area (Å²) in [6.07, 6.45) is 0.916. The van der Waals surface area contributed by atoms with Crippen LogP contribution in [0, 0.1) is 5.82 Å². The highest BCUT2D eigenvalue weighted by atomic mass is 79.9. The number of carbonyl (C=O) groups excluding carboxylic acids is 1. The number of halogens is 2. The van der Waals surface area contributed by atoms with Gasteiger partial charge in [0.1, 0.15) is 15.8 Å². The minimum Gasteiger partial charge on any atom is -0.456 e. The lowest BCUT2D eigenvalue weighted by Crippen LogP contribution is -2.25. The quantitative estimate of drug-likeness (QED) is 0.638. The Kier molecular flexibility index (Phi) is 3.52. The molecule has 1 rings (SSSR count). The maximum absolute atomic E-state index is 13.4. The number of esters is 1. The van der Waals surface area contributed by atoms with Crippen LogP contribution in [0.3, 0.4) is 0 Å². The van der Waals surface area contributed by atoms with Crippen molar-refractivity contribution >= 4 is 27.6 Å². The minimum atomic E-state index is -0.800. The lowest BCUT2D eigenvalue weighted by atomic mass is 10.1. The van der Waals surface area contributed by atoms with E-state index >= 15 is 0 Å². The molecule has 0 aliphatic heterocycles. The number of aromatic nitrogens is 1. The highest BCUT2D eigenvalue weighted by Crippen LogP contribution is 2.25. The SMILES string of the molecule is CC(C)(C)OC(=O)c1c(F)cnc(Br)c1N. The molecule has 0 saturated heterocycles. The van der Waals surface area contributed by atoms with Crippen LogP contribution in [0.4, 0.5) is 10.1 Å². The van der Waals surface area contributed by atoms with Crippen LogP contribution in [-0.4, -0.2) is 16.6 Å². The third-order valence-electron chi connectivity index (χ3n) is 1.62. The maximum Gasteiger partial charge on any atom is 0.343 e. The predicted molar refractivity (Wildman–Crippen MR) is 61.5 cm³/mol. The molecule has 0 aliphatic rings. The van der Waals surface area contributed by atoms with Gasteiger partial charge in [0.25, 0.3) is 0 Å². The Morgan fingerprint density at radius 1 is 1.56 bits per heavy atom. The van der Waals surface area contributed by atoms with Gasteiger partial charge in [0, 0.05) is 0 Å². The summed E-state index contributed by atoms with van der Waals surface area (Å²) in [5, 5.41) is 0. The number of nitrogens with zero attached hydrogens (tertiary/aromatic N) is 1. The largest absolute Gasteiger partial charge is 0.456 e. The van der Waals surface area contributed by atoms with Crippen molar-refractivity contribution in [2.24, 2.45) is 0 Å². The fourth-order valence-corrected chi connectivity index (χ4v) is 1.32. The zero-order chi connectivity index (χ0) is 12.5. The lowest BCUT2D eigenvalue weighted by Gasteiger charge is -2.20. The van der Waals surface area contributed by atoms with Crippen molar-refractivity contribution in [3.8, 4) is 0 Å². The summed E-state index contributed by atoms with van der Waals surface area (Å²) in [7, 11) is 0. The molecule has 0 radical (unpaired) electrons. The van der Waals surface area contributed by atoms with E-state index in [4.69, 9.17) is 10.5 Å². The molecule has 4 nitrogen and oxygen atoms in total. The topological polar surface area (TPSA) is 65.2 Å². The first-order valence-corrected chi connectivity index (χ1v) is 5.34. The number of carbonyl (C=O) groups is 1. The molecule has 0 bridgehead atoms. The molecule has 1 heterocycles. The van der Waals surface area contributed by atoms with Crippen LogP contribution in [0.1, 0.15) is 31.1 Å². The van der Waals surface area contributed by atoms with Crippen molar-refractivity contribution in [3.05, 3.63) is 22.2 Å². The Morgan fingerprint density at radius 2 is 2.12 bits per heavy atom. The van der Waals surface area contributed by atoms with E-state index in [9.17, 15) is 9.18 Å². The summed E-state index contributed by atoms with van der Waals surface area (Å²) >= 11 is 3.02. The summed E-state index contributed by atoms with van der Waals surface area (Å²) in [5.74, 6) is -1.60. The Balaban J connectivity index is 3.14. The molecule has 0 amide bonds. The second kappa shape index (κ2) is 4.37. The van der Waals surface area contributed by atoms with E-state index in [1.165, 1.54) is 0 Å². The van der Waals surface area contributed by atoms with Crippen molar-refractivity contribution in [2.75, 3.05) is 5.73 Å². The number of rotatable bonds is 1. The Morgan fingerprint density at radius 3 is 2.62 bits per heavy atom. The number of nitrogen functional groups attached to an aromatic ring is 1. The molecule has 1 aromatic rings.